The molecule has 0 aliphatic heterocycles. The molecule has 1 nitrogen and oxygen atoms in total. The lowest BCUT2D eigenvalue weighted by atomic mass is 10.1. The molecule has 0 radical (unpaired) electrons. The van der Waals surface area contributed by atoms with Crippen LogP contribution in [0.2, 0.25) is 0 Å². The highest BCUT2D eigenvalue weighted by molar-refractivity contribution is 5.20. The van der Waals surface area contributed by atoms with E-state index < -0.39 is 0 Å². The summed E-state index contributed by atoms with van der Waals surface area (Å²) in [5.74, 6) is -0.472. The van der Waals surface area contributed by atoms with E-state index in [9.17, 15) is 8.78 Å². The van der Waals surface area contributed by atoms with E-state index in [1.807, 2.05) is 13.0 Å². The van der Waals surface area contributed by atoms with Crippen LogP contribution in [0.5, 0.6) is 0 Å². The molecule has 0 fully saturated rings. The smallest absolute Gasteiger partial charge is 0.123 e. The molecule has 2 aromatic carbocycles. The largest absolute Gasteiger partial charge is 0.306 e. The zero-order valence-corrected chi connectivity index (χ0v) is 10.2. The van der Waals surface area contributed by atoms with Crippen molar-refractivity contribution in [3.05, 3.63) is 71.3 Å². The summed E-state index contributed by atoms with van der Waals surface area (Å²) in [6, 6.07) is 12.9. The maximum absolute atomic E-state index is 13.1. The molecule has 2 rings (SSSR count). The van der Waals surface area contributed by atoms with Crippen molar-refractivity contribution >= 4 is 0 Å². The van der Waals surface area contributed by atoms with Crippen molar-refractivity contribution < 1.29 is 8.78 Å². The lowest BCUT2D eigenvalue weighted by Gasteiger charge is -2.14. The minimum absolute atomic E-state index is 0.0470. The van der Waals surface area contributed by atoms with Crippen LogP contribution in [-0.2, 0) is 6.54 Å². The van der Waals surface area contributed by atoms with E-state index >= 15 is 0 Å². The summed E-state index contributed by atoms with van der Waals surface area (Å²) in [6.45, 7) is 2.59. The molecule has 0 amide bonds. The topological polar surface area (TPSA) is 12.0 Å². The van der Waals surface area contributed by atoms with Gasteiger partial charge in [0.05, 0.1) is 0 Å². The van der Waals surface area contributed by atoms with Crippen molar-refractivity contribution in [3.8, 4) is 0 Å². The highest BCUT2D eigenvalue weighted by atomic mass is 19.1. The standard InChI is InChI=1S/C15H15F2N/c1-11(13-3-2-4-15(17)9-13)18-10-12-5-7-14(16)8-6-12/h2-9,11,18H,10H2,1H3. The number of nitrogens with one attached hydrogen (secondary N) is 1. The van der Waals surface area contributed by atoms with Crippen LogP contribution < -0.4 is 5.32 Å². The average molecular weight is 247 g/mol. The van der Waals surface area contributed by atoms with Crippen molar-refractivity contribution in [2.75, 3.05) is 0 Å². The van der Waals surface area contributed by atoms with Gasteiger partial charge in [0.25, 0.3) is 0 Å². The maximum Gasteiger partial charge on any atom is 0.123 e. The third-order valence-electron chi connectivity index (χ3n) is 2.87. The second-order valence-corrected chi connectivity index (χ2v) is 4.28. The summed E-state index contributed by atoms with van der Waals surface area (Å²) in [5, 5.41) is 3.27. The van der Waals surface area contributed by atoms with Gasteiger partial charge in [0.1, 0.15) is 11.6 Å². The molecule has 1 unspecified atom stereocenters. The Hall–Kier alpha value is -1.74. The Labute approximate surface area is 105 Å². The van der Waals surface area contributed by atoms with Gasteiger partial charge in [-0.15, -0.1) is 0 Å². The molecular formula is C15H15F2N. The molecule has 94 valence electrons. The van der Waals surface area contributed by atoms with E-state index in [4.69, 9.17) is 0 Å². The molecule has 0 saturated heterocycles. The van der Waals surface area contributed by atoms with Crippen LogP contribution in [0.3, 0.4) is 0 Å². The van der Waals surface area contributed by atoms with Crippen LogP contribution >= 0.6 is 0 Å². The van der Waals surface area contributed by atoms with Crippen LogP contribution in [-0.4, -0.2) is 0 Å². The van der Waals surface area contributed by atoms with Crippen LogP contribution in [0.4, 0.5) is 8.78 Å². The molecule has 0 saturated carbocycles. The zero-order valence-electron chi connectivity index (χ0n) is 10.2. The Kier molecular flexibility index (Phi) is 4.05. The molecule has 2 aromatic rings. The van der Waals surface area contributed by atoms with Crippen molar-refractivity contribution in [2.24, 2.45) is 0 Å². The molecule has 0 heterocycles. The molecule has 0 aliphatic carbocycles. The van der Waals surface area contributed by atoms with Crippen molar-refractivity contribution in [1.29, 1.82) is 0 Å². The molecule has 0 spiro atoms. The summed E-state index contributed by atoms with van der Waals surface area (Å²) in [4.78, 5) is 0. The fourth-order valence-electron chi connectivity index (χ4n) is 1.77. The zero-order chi connectivity index (χ0) is 13.0. The van der Waals surface area contributed by atoms with Gasteiger partial charge in [0.15, 0.2) is 0 Å². The van der Waals surface area contributed by atoms with Gasteiger partial charge < -0.3 is 5.32 Å². The summed E-state index contributed by atoms with van der Waals surface area (Å²) in [6.07, 6.45) is 0. The van der Waals surface area contributed by atoms with Crippen LogP contribution in [0.25, 0.3) is 0 Å². The average Bonchev–Trinajstić information content (AvgIpc) is 2.38. The van der Waals surface area contributed by atoms with Gasteiger partial charge in [-0.05, 0) is 42.3 Å². The predicted octanol–water partition coefficient (Wildman–Crippen LogP) is 3.82. The molecule has 0 bridgehead atoms. The van der Waals surface area contributed by atoms with Crippen LogP contribution in [0, 0.1) is 11.6 Å². The fourth-order valence-corrected chi connectivity index (χ4v) is 1.77. The van der Waals surface area contributed by atoms with Crippen molar-refractivity contribution in [2.45, 2.75) is 19.5 Å². The van der Waals surface area contributed by atoms with Gasteiger partial charge in [0.2, 0.25) is 0 Å². The van der Waals surface area contributed by atoms with E-state index in [-0.39, 0.29) is 17.7 Å². The Balaban J connectivity index is 1.96. The number of hydrogen-bond donors (Lipinski definition) is 1. The molecule has 1 atom stereocenters. The second kappa shape index (κ2) is 5.74. The number of benzene rings is 2. The first kappa shape index (κ1) is 12.7. The summed E-state index contributed by atoms with van der Waals surface area (Å²) < 4.78 is 25.8. The Bertz CT molecular complexity index is 508. The van der Waals surface area contributed by atoms with E-state index in [1.165, 1.54) is 24.3 Å². The maximum atomic E-state index is 13.1. The monoisotopic (exact) mass is 247 g/mol. The van der Waals surface area contributed by atoms with E-state index in [1.54, 1.807) is 18.2 Å². The van der Waals surface area contributed by atoms with Gasteiger partial charge in [-0.3, -0.25) is 0 Å². The number of rotatable bonds is 4. The third-order valence-corrected chi connectivity index (χ3v) is 2.87. The van der Waals surface area contributed by atoms with Gasteiger partial charge in [-0.1, -0.05) is 24.3 Å². The number of hydrogen-bond acceptors (Lipinski definition) is 1. The molecule has 1 N–H and O–H groups in total. The van der Waals surface area contributed by atoms with E-state index in [2.05, 4.69) is 5.32 Å². The first-order chi connectivity index (χ1) is 8.65. The minimum atomic E-state index is -0.239. The minimum Gasteiger partial charge on any atom is -0.306 e. The van der Waals surface area contributed by atoms with Crippen molar-refractivity contribution in [1.82, 2.24) is 5.32 Å². The van der Waals surface area contributed by atoms with E-state index in [0.717, 1.165) is 11.1 Å². The third kappa shape index (κ3) is 3.37. The summed E-state index contributed by atoms with van der Waals surface area (Å²) >= 11 is 0. The SMILES string of the molecule is CC(NCc1ccc(F)cc1)c1cccc(F)c1. The quantitative estimate of drug-likeness (QED) is 0.866. The van der Waals surface area contributed by atoms with Crippen molar-refractivity contribution in [3.63, 3.8) is 0 Å². The number of halogens is 2. The van der Waals surface area contributed by atoms with E-state index in [0.29, 0.717) is 6.54 Å². The normalized spacial score (nSPS) is 12.4. The molecule has 0 aliphatic rings. The molecule has 18 heavy (non-hydrogen) atoms. The Morgan fingerprint density at radius 3 is 2.39 bits per heavy atom. The predicted molar refractivity (Wildman–Crippen MR) is 68.1 cm³/mol. The first-order valence-corrected chi connectivity index (χ1v) is 5.88. The van der Waals surface area contributed by atoms with Gasteiger partial charge in [-0.2, -0.15) is 0 Å². The highest BCUT2D eigenvalue weighted by Crippen LogP contribution is 2.14. The summed E-state index contributed by atoms with van der Waals surface area (Å²) in [7, 11) is 0. The van der Waals surface area contributed by atoms with Gasteiger partial charge in [0, 0.05) is 12.6 Å². The Morgan fingerprint density at radius 2 is 1.72 bits per heavy atom. The molecule has 0 aromatic heterocycles. The second-order valence-electron chi connectivity index (χ2n) is 4.28. The first-order valence-electron chi connectivity index (χ1n) is 5.88. The van der Waals surface area contributed by atoms with Crippen LogP contribution in [0.1, 0.15) is 24.1 Å². The lowest BCUT2D eigenvalue weighted by molar-refractivity contribution is 0.563. The lowest BCUT2D eigenvalue weighted by Crippen LogP contribution is -2.18. The van der Waals surface area contributed by atoms with Gasteiger partial charge in [-0.25, -0.2) is 8.78 Å². The fraction of sp³-hybridized carbons (Fsp3) is 0.200. The molecule has 3 heteroatoms. The Morgan fingerprint density at radius 1 is 1.00 bits per heavy atom. The molecular weight excluding hydrogens is 232 g/mol. The van der Waals surface area contributed by atoms with Crippen LogP contribution in [0.15, 0.2) is 48.5 Å². The summed E-state index contributed by atoms with van der Waals surface area (Å²) in [5.41, 5.74) is 1.90. The highest BCUT2D eigenvalue weighted by Gasteiger charge is 2.05. The van der Waals surface area contributed by atoms with Gasteiger partial charge >= 0.3 is 0 Å².